The lowest BCUT2D eigenvalue weighted by molar-refractivity contribution is 0.393. The molecule has 0 amide bonds. The Morgan fingerprint density at radius 3 is 2.35 bits per heavy atom. The second kappa shape index (κ2) is 5.65. The molecule has 1 heterocycles. The first-order valence-corrected chi connectivity index (χ1v) is 6.79. The number of benzene rings is 1. The predicted molar refractivity (Wildman–Crippen MR) is 72.0 cm³/mol. The lowest BCUT2D eigenvalue weighted by Gasteiger charge is -2.28. The third kappa shape index (κ3) is 3.07. The maximum atomic E-state index is 5.30. The quantitative estimate of drug-likeness (QED) is 0.897. The summed E-state index contributed by atoms with van der Waals surface area (Å²) in [5, 5.41) is 4.55. The lowest BCUT2D eigenvalue weighted by Crippen LogP contribution is -2.28. The van der Waals surface area contributed by atoms with Crippen LogP contribution in [0.2, 0.25) is 0 Å². The van der Waals surface area contributed by atoms with Crippen molar-refractivity contribution < 1.29 is 9.47 Å². The Balaban J connectivity index is 2.23. The first-order chi connectivity index (χ1) is 8.22. The van der Waals surface area contributed by atoms with Crippen LogP contribution in [0.15, 0.2) is 18.2 Å². The molecule has 1 fully saturated rings. The summed E-state index contributed by atoms with van der Waals surface area (Å²) in [6, 6.07) is 6.05. The molecule has 1 aromatic carbocycles. The van der Waals surface area contributed by atoms with Crippen LogP contribution < -0.4 is 14.8 Å². The van der Waals surface area contributed by atoms with Crippen LogP contribution in [0.4, 0.5) is 0 Å². The normalized spacial score (nSPS) is 24.4. The second-order valence-corrected chi connectivity index (χ2v) is 5.76. The topological polar surface area (TPSA) is 30.5 Å². The molecule has 1 N–H and O–H groups in total. The average molecular weight is 253 g/mol. The zero-order chi connectivity index (χ0) is 12.3. The van der Waals surface area contributed by atoms with Crippen molar-refractivity contribution >= 4 is 11.8 Å². The van der Waals surface area contributed by atoms with Crippen molar-refractivity contribution in [3.05, 3.63) is 23.8 Å². The van der Waals surface area contributed by atoms with E-state index in [1.807, 2.05) is 17.8 Å². The number of hydrogen-bond donors (Lipinski definition) is 1. The van der Waals surface area contributed by atoms with E-state index in [0.29, 0.717) is 10.6 Å². The maximum Gasteiger partial charge on any atom is 0.122 e. The molecular formula is C13H19NO2S. The molecule has 0 bridgehead atoms. The van der Waals surface area contributed by atoms with Gasteiger partial charge >= 0.3 is 0 Å². The van der Waals surface area contributed by atoms with Crippen LogP contribution in [-0.2, 0) is 0 Å². The molecule has 3 nitrogen and oxygen atoms in total. The minimum atomic E-state index is 0.336. The van der Waals surface area contributed by atoms with Crippen molar-refractivity contribution in [2.75, 3.05) is 20.8 Å². The highest BCUT2D eigenvalue weighted by molar-refractivity contribution is 8.00. The fourth-order valence-electron chi connectivity index (χ4n) is 1.94. The Kier molecular flexibility index (Phi) is 4.18. The molecule has 1 aliphatic rings. The van der Waals surface area contributed by atoms with Gasteiger partial charge in [-0.15, -0.1) is 11.8 Å². The fourth-order valence-corrected chi connectivity index (χ4v) is 3.17. The van der Waals surface area contributed by atoms with Gasteiger partial charge in [0.15, 0.2) is 0 Å². The van der Waals surface area contributed by atoms with Gasteiger partial charge in [0.05, 0.1) is 19.6 Å². The van der Waals surface area contributed by atoms with Crippen LogP contribution >= 0.6 is 11.8 Å². The van der Waals surface area contributed by atoms with Crippen molar-refractivity contribution in [1.82, 2.24) is 5.32 Å². The van der Waals surface area contributed by atoms with E-state index >= 15 is 0 Å². The molecule has 2 rings (SSSR count). The molecule has 2 atom stereocenters. The van der Waals surface area contributed by atoms with Crippen LogP contribution in [0.1, 0.15) is 24.3 Å². The standard InChI is InChI=1S/C13H19NO2S/c1-9-4-5-14-13(17-9)10-6-11(15-2)8-12(7-10)16-3/h6-9,13-14H,4-5H2,1-3H3. The van der Waals surface area contributed by atoms with E-state index in [9.17, 15) is 0 Å². The smallest absolute Gasteiger partial charge is 0.122 e. The molecule has 1 aliphatic heterocycles. The minimum Gasteiger partial charge on any atom is -0.497 e. The van der Waals surface area contributed by atoms with Crippen LogP contribution in [-0.4, -0.2) is 26.0 Å². The van der Waals surface area contributed by atoms with Gasteiger partial charge in [-0.2, -0.15) is 0 Å². The largest absolute Gasteiger partial charge is 0.497 e. The summed E-state index contributed by atoms with van der Waals surface area (Å²) in [6.45, 7) is 3.34. The van der Waals surface area contributed by atoms with Crippen molar-refractivity contribution in [1.29, 1.82) is 0 Å². The van der Waals surface area contributed by atoms with Gasteiger partial charge in [-0.05, 0) is 30.7 Å². The van der Waals surface area contributed by atoms with E-state index in [4.69, 9.17) is 9.47 Å². The summed E-state index contributed by atoms with van der Waals surface area (Å²) in [5.74, 6) is 1.69. The molecule has 4 heteroatoms. The predicted octanol–water partition coefficient (Wildman–Crippen LogP) is 2.82. The van der Waals surface area contributed by atoms with Gasteiger partial charge in [-0.3, -0.25) is 0 Å². The molecule has 0 radical (unpaired) electrons. The summed E-state index contributed by atoms with van der Waals surface area (Å²) in [6.07, 6.45) is 1.22. The van der Waals surface area contributed by atoms with Crippen molar-refractivity contribution in [2.45, 2.75) is 24.0 Å². The number of thioether (sulfide) groups is 1. The molecule has 0 aliphatic carbocycles. The Labute approximate surface area is 107 Å². The lowest BCUT2D eigenvalue weighted by atomic mass is 10.2. The average Bonchev–Trinajstić information content (AvgIpc) is 2.38. The molecular weight excluding hydrogens is 234 g/mol. The number of nitrogens with one attached hydrogen (secondary N) is 1. The van der Waals surface area contributed by atoms with Gasteiger partial charge in [-0.25, -0.2) is 0 Å². The first kappa shape index (κ1) is 12.6. The highest BCUT2D eigenvalue weighted by atomic mass is 32.2. The van der Waals surface area contributed by atoms with E-state index in [2.05, 4.69) is 24.4 Å². The van der Waals surface area contributed by atoms with Crippen LogP contribution in [0, 0.1) is 0 Å². The summed E-state index contributed by atoms with van der Waals surface area (Å²) in [4.78, 5) is 0. The third-order valence-corrected chi connectivity index (χ3v) is 4.34. The Morgan fingerprint density at radius 1 is 1.18 bits per heavy atom. The number of rotatable bonds is 3. The summed E-state index contributed by atoms with van der Waals surface area (Å²) < 4.78 is 10.6. The van der Waals surface area contributed by atoms with Crippen LogP contribution in [0.25, 0.3) is 0 Å². The highest BCUT2D eigenvalue weighted by Gasteiger charge is 2.21. The molecule has 0 aromatic heterocycles. The van der Waals surface area contributed by atoms with Gasteiger partial charge in [0.2, 0.25) is 0 Å². The van der Waals surface area contributed by atoms with E-state index < -0.39 is 0 Å². The zero-order valence-corrected chi connectivity index (χ0v) is 11.3. The molecule has 2 unspecified atom stereocenters. The number of hydrogen-bond acceptors (Lipinski definition) is 4. The zero-order valence-electron chi connectivity index (χ0n) is 10.5. The molecule has 1 aromatic rings. The third-order valence-electron chi connectivity index (χ3n) is 2.93. The summed E-state index contributed by atoms with van der Waals surface area (Å²) >= 11 is 1.96. The fraction of sp³-hybridized carbons (Fsp3) is 0.538. The molecule has 94 valence electrons. The maximum absolute atomic E-state index is 5.30. The van der Waals surface area contributed by atoms with Crippen molar-refractivity contribution in [3.63, 3.8) is 0 Å². The molecule has 1 saturated heterocycles. The summed E-state index contributed by atoms with van der Waals surface area (Å²) in [5.41, 5.74) is 1.22. The van der Waals surface area contributed by atoms with Crippen LogP contribution in [0.3, 0.4) is 0 Å². The highest BCUT2D eigenvalue weighted by Crippen LogP contribution is 2.37. The number of ether oxygens (including phenoxy) is 2. The van der Waals surface area contributed by atoms with Gasteiger partial charge in [0.25, 0.3) is 0 Å². The summed E-state index contributed by atoms with van der Waals surface area (Å²) in [7, 11) is 3.37. The second-order valence-electron chi connectivity index (χ2n) is 4.22. The van der Waals surface area contributed by atoms with Gasteiger partial charge < -0.3 is 14.8 Å². The van der Waals surface area contributed by atoms with E-state index in [0.717, 1.165) is 18.0 Å². The first-order valence-electron chi connectivity index (χ1n) is 5.84. The van der Waals surface area contributed by atoms with Gasteiger partial charge in [-0.1, -0.05) is 6.92 Å². The van der Waals surface area contributed by atoms with E-state index in [1.54, 1.807) is 14.2 Å². The SMILES string of the molecule is COc1cc(OC)cc(C2NCCC(C)S2)c1. The van der Waals surface area contributed by atoms with Gasteiger partial charge in [0.1, 0.15) is 11.5 Å². The Bertz CT molecular complexity index is 361. The van der Waals surface area contributed by atoms with Gasteiger partial charge in [0, 0.05) is 11.3 Å². The Hall–Kier alpha value is -0.870. The number of methoxy groups -OCH3 is 2. The molecule has 0 saturated carbocycles. The van der Waals surface area contributed by atoms with Crippen LogP contribution in [0.5, 0.6) is 11.5 Å². The van der Waals surface area contributed by atoms with E-state index in [-0.39, 0.29) is 0 Å². The van der Waals surface area contributed by atoms with E-state index in [1.165, 1.54) is 12.0 Å². The Morgan fingerprint density at radius 2 is 1.82 bits per heavy atom. The minimum absolute atomic E-state index is 0.336. The monoisotopic (exact) mass is 253 g/mol. The molecule has 0 spiro atoms. The van der Waals surface area contributed by atoms with Crippen molar-refractivity contribution in [3.8, 4) is 11.5 Å². The van der Waals surface area contributed by atoms with Crippen molar-refractivity contribution in [2.24, 2.45) is 0 Å². The molecule has 17 heavy (non-hydrogen) atoms.